The average Bonchev–Trinajstić information content (AvgIpc) is 3.61. The zero-order chi connectivity index (χ0) is 23.1. The third-order valence-corrected chi connectivity index (χ3v) is 6.63. The Morgan fingerprint density at radius 1 is 1.09 bits per heavy atom. The number of nitrogens with one attached hydrogen (secondary N) is 1. The van der Waals surface area contributed by atoms with E-state index in [-0.39, 0.29) is 11.9 Å². The molecule has 1 amide bonds. The van der Waals surface area contributed by atoms with Gasteiger partial charge in [0.25, 0.3) is 11.9 Å². The molecule has 3 aromatic heterocycles. The third kappa shape index (κ3) is 3.87. The van der Waals surface area contributed by atoms with Crippen LogP contribution in [-0.2, 0) is 19.3 Å². The molecule has 2 aliphatic carbocycles. The van der Waals surface area contributed by atoms with E-state index >= 15 is 0 Å². The van der Waals surface area contributed by atoms with E-state index < -0.39 is 0 Å². The smallest absolute Gasteiger partial charge is 0.255 e. The van der Waals surface area contributed by atoms with Gasteiger partial charge < -0.3 is 5.32 Å². The number of pyridine rings is 1. The molecular formula is C27H26N6O. The predicted octanol–water partition coefficient (Wildman–Crippen LogP) is 4.06. The molecule has 170 valence electrons. The fraction of sp³-hybridized carbons (Fsp3) is 0.296. The number of benzene rings is 1. The summed E-state index contributed by atoms with van der Waals surface area (Å²) in [5.74, 6) is 0.733. The van der Waals surface area contributed by atoms with E-state index in [2.05, 4.69) is 38.6 Å². The summed E-state index contributed by atoms with van der Waals surface area (Å²) in [5, 5.41) is 7.72. The third-order valence-electron chi connectivity index (χ3n) is 6.63. The minimum Gasteiger partial charge on any atom is -0.349 e. The topological polar surface area (TPSA) is 85.6 Å². The van der Waals surface area contributed by atoms with E-state index in [9.17, 15) is 4.79 Å². The summed E-state index contributed by atoms with van der Waals surface area (Å²) in [5.41, 5.74) is 7.22. The molecule has 3 heterocycles. The summed E-state index contributed by atoms with van der Waals surface area (Å²) in [6.07, 6.45) is 11.9. The SMILES string of the molecule is CC(Cc1cccnc1)NC(=O)c1cnn(-c2ncc3c(n2)-c2ccccc2CC3)c1C1CC1. The first-order valence-electron chi connectivity index (χ1n) is 11.9. The Bertz CT molecular complexity index is 1360. The quantitative estimate of drug-likeness (QED) is 0.479. The summed E-state index contributed by atoms with van der Waals surface area (Å²) >= 11 is 0. The number of hydrogen-bond donors (Lipinski definition) is 1. The summed E-state index contributed by atoms with van der Waals surface area (Å²) in [6, 6.07) is 12.3. The molecule has 6 rings (SSSR count). The Kier molecular flexibility index (Phi) is 5.17. The molecule has 1 unspecified atom stereocenters. The van der Waals surface area contributed by atoms with Crippen LogP contribution in [-0.4, -0.2) is 36.7 Å². The summed E-state index contributed by atoms with van der Waals surface area (Å²) in [7, 11) is 0. The molecule has 1 fully saturated rings. The van der Waals surface area contributed by atoms with Gasteiger partial charge >= 0.3 is 0 Å². The maximum atomic E-state index is 13.2. The highest BCUT2D eigenvalue weighted by Gasteiger charge is 2.34. The van der Waals surface area contributed by atoms with Crippen LogP contribution in [0.5, 0.6) is 0 Å². The zero-order valence-corrected chi connectivity index (χ0v) is 19.1. The van der Waals surface area contributed by atoms with Gasteiger partial charge in [0.05, 0.1) is 23.1 Å². The minimum atomic E-state index is -0.104. The molecule has 1 aromatic carbocycles. The van der Waals surface area contributed by atoms with Crippen molar-refractivity contribution in [3.05, 3.63) is 89.1 Å². The Morgan fingerprint density at radius 2 is 1.94 bits per heavy atom. The second-order valence-corrected chi connectivity index (χ2v) is 9.27. The van der Waals surface area contributed by atoms with E-state index in [0.717, 1.165) is 60.2 Å². The monoisotopic (exact) mass is 450 g/mol. The van der Waals surface area contributed by atoms with E-state index in [1.165, 1.54) is 5.56 Å². The highest BCUT2D eigenvalue weighted by molar-refractivity contribution is 5.95. The van der Waals surface area contributed by atoms with Crippen molar-refractivity contribution >= 4 is 5.91 Å². The zero-order valence-electron chi connectivity index (χ0n) is 19.1. The molecule has 7 nitrogen and oxygen atoms in total. The van der Waals surface area contributed by atoms with Gasteiger partial charge in [0.1, 0.15) is 0 Å². The lowest BCUT2D eigenvalue weighted by Crippen LogP contribution is -2.34. The first-order valence-corrected chi connectivity index (χ1v) is 11.9. The van der Waals surface area contributed by atoms with Crippen LogP contribution in [0.2, 0.25) is 0 Å². The van der Waals surface area contributed by atoms with Crippen LogP contribution in [0.15, 0.2) is 61.2 Å². The molecule has 1 saturated carbocycles. The molecule has 4 aromatic rings. The van der Waals surface area contributed by atoms with Gasteiger partial charge in [0, 0.05) is 36.1 Å². The molecular weight excluding hydrogens is 424 g/mol. The highest BCUT2D eigenvalue weighted by Crippen LogP contribution is 2.42. The van der Waals surface area contributed by atoms with Gasteiger partial charge in [0.2, 0.25) is 0 Å². The molecule has 0 bridgehead atoms. The van der Waals surface area contributed by atoms with Crippen molar-refractivity contribution in [2.45, 2.75) is 51.0 Å². The van der Waals surface area contributed by atoms with Crippen LogP contribution in [0.3, 0.4) is 0 Å². The molecule has 34 heavy (non-hydrogen) atoms. The molecule has 0 radical (unpaired) electrons. The minimum absolute atomic E-state index is 0.0244. The van der Waals surface area contributed by atoms with Crippen LogP contribution < -0.4 is 5.32 Å². The van der Waals surface area contributed by atoms with Gasteiger partial charge in [0.15, 0.2) is 0 Å². The van der Waals surface area contributed by atoms with Gasteiger partial charge in [-0.3, -0.25) is 9.78 Å². The molecule has 1 N–H and O–H groups in total. The average molecular weight is 451 g/mol. The molecule has 0 spiro atoms. The van der Waals surface area contributed by atoms with Crippen molar-refractivity contribution in [2.24, 2.45) is 0 Å². The lowest BCUT2D eigenvalue weighted by atomic mass is 9.90. The number of rotatable bonds is 6. The van der Waals surface area contributed by atoms with Gasteiger partial charge in [-0.15, -0.1) is 0 Å². The molecule has 0 aliphatic heterocycles. The Balaban J connectivity index is 1.30. The van der Waals surface area contributed by atoms with Crippen LogP contribution in [0.1, 0.15) is 58.4 Å². The van der Waals surface area contributed by atoms with Crippen molar-refractivity contribution in [2.75, 3.05) is 0 Å². The lowest BCUT2D eigenvalue weighted by molar-refractivity contribution is 0.0939. The van der Waals surface area contributed by atoms with Gasteiger partial charge in [-0.1, -0.05) is 30.3 Å². The van der Waals surface area contributed by atoms with Crippen molar-refractivity contribution < 1.29 is 4.79 Å². The number of aromatic nitrogens is 5. The predicted molar refractivity (Wildman–Crippen MR) is 129 cm³/mol. The Morgan fingerprint density at radius 3 is 2.76 bits per heavy atom. The van der Waals surface area contributed by atoms with Gasteiger partial charge in [-0.25, -0.2) is 14.6 Å². The second-order valence-electron chi connectivity index (χ2n) is 9.27. The number of nitrogens with zero attached hydrogens (tertiary/aromatic N) is 5. The van der Waals surface area contributed by atoms with E-state index in [4.69, 9.17) is 4.98 Å². The number of aryl methyl sites for hydroxylation is 2. The Labute approximate surface area is 198 Å². The van der Waals surface area contributed by atoms with Crippen LogP contribution in [0, 0.1) is 0 Å². The fourth-order valence-corrected chi connectivity index (χ4v) is 4.82. The number of hydrogen-bond acceptors (Lipinski definition) is 5. The van der Waals surface area contributed by atoms with Crippen LogP contribution >= 0.6 is 0 Å². The molecule has 7 heteroatoms. The van der Waals surface area contributed by atoms with Crippen LogP contribution in [0.25, 0.3) is 17.2 Å². The van der Waals surface area contributed by atoms with Crippen molar-refractivity contribution in [1.82, 2.24) is 30.0 Å². The standard InChI is InChI=1S/C27H26N6O/c1-17(13-18-5-4-12-28-14-18)31-26(34)23-16-30-33(25(23)20-9-10-20)27-29-15-21-11-8-19-6-2-3-7-22(19)24(21)32-27/h2-7,12,14-17,20H,8-11,13H2,1H3,(H,31,34). The molecule has 1 atom stereocenters. The van der Waals surface area contributed by atoms with Crippen molar-refractivity contribution in [1.29, 1.82) is 0 Å². The van der Waals surface area contributed by atoms with Gasteiger partial charge in [-0.05, 0) is 61.8 Å². The van der Waals surface area contributed by atoms with E-state index in [1.54, 1.807) is 17.1 Å². The number of carbonyl (C=O) groups excluding carboxylic acids is 1. The summed E-state index contributed by atoms with van der Waals surface area (Å²) < 4.78 is 1.77. The van der Waals surface area contributed by atoms with Crippen molar-refractivity contribution in [3.63, 3.8) is 0 Å². The molecule has 2 aliphatic rings. The summed E-state index contributed by atoms with van der Waals surface area (Å²) in [6.45, 7) is 2.01. The maximum Gasteiger partial charge on any atom is 0.255 e. The van der Waals surface area contributed by atoms with E-state index in [0.29, 0.717) is 17.4 Å². The summed E-state index contributed by atoms with van der Waals surface area (Å²) in [4.78, 5) is 27.0. The fourth-order valence-electron chi connectivity index (χ4n) is 4.82. The first kappa shape index (κ1) is 20.7. The van der Waals surface area contributed by atoms with Gasteiger partial charge in [-0.2, -0.15) is 5.10 Å². The number of carbonyl (C=O) groups is 1. The van der Waals surface area contributed by atoms with Crippen LogP contribution in [0.4, 0.5) is 0 Å². The normalized spacial score (nSPS) is 15.3. The maximum absolute atomic E-state index is 13.2. The number of fused-ring (bicyclic) bond motifs is 3. The lowest BCUT2D eigenvalue weighted by Gasteiger charge is -2.19. The molecule has 0 saturated heterocycles. The Hall–Kier alpha value is -3.87. The highest BCUT2D eigenvalue weighted by atomic mass is 16.1. The second kappa shape index (κ2) is 8.48. The van der Waals surface area contributed by atoms with Crippen molar-refractivity contribution in [3.8, 4) is 17.2 Å². The van der Waals surface area contributed by atoms with E-state index in [1.807, 2.05) is 37.5 Å². The first-order chi connectivity index (χ1) is 16.7. The number of amides is 1. The largest absolute Gasteiger partial charge is 0.349 e.